The standard InChI is InChI=1S/C22H19BrClN3O3/c1-5-8-30-20-17(24)9-14(10-19(20)29-4)12-25-27-21(13(2)3)26-18-7-6-15(23)11-16(18)22(27)28/h1,6-7,9-13H,8H2,2-4H3. The molecule has 6 nitrogen and oxygen atoms in total. The molecule has 8 heteroatoms. The van der Waals surface area contributed by atoms with Gasteiger partial charge in [0.25, 0.3) is 5.56 Å². The van der Waals surface area contributed by atoms with Gasteiger partial charge in [0.2, 0.25) is 0 Å². The van der Waals surface area contributed by atoms with Crippen LogP contribution in [0.1, 0.15) is 31.2 Å². The van der Waals surface area contributed by atoms with E-state index in [0.717, 1.165) is 4.47 Å². The number of benzene rings is 2. The summed E-state index contributed by atoms with van der Waals surface area (Å²) in [4.78, 5) is 17.7. The normalized spacial score (nSPS) is 11.2. The zero-order valence-electron chi connectivity index (χ0n) is 16.6. The molecule has 0 saturated heterocycles. The molecular weight excluding hydrogens is 470 g/mol. The fourth-order valence-electron chi connectivity index (χ4n) is 2.84. The van der Waals surface area contributed by atoms with Crippen molar-refractivity contribution in [3.63, 3.8) is 0 Å². The van der Waals surface area contributed by atoms with E-state index in [1.807, 2.05) is 19.9 Å². The highest BCUT2D eigenvalue weighted by molar-refractivity contribution is 9.10. The third-order valence-corrected chi connectivity index (χ3v) is 5.00. The van der Waals surface area contributed by atoms with Gasteiger partial charge in [-0.3, -0.25) is 4.79 Å². The average molecular weight is 489 g/mol. The van der Waals surface area contributed by atoms with E-state index in [0.29, 0.717) is 38.8 Å². The van der Waals surface area contributed by atoms with Crippen LogP contribution in [0.25, 0.3) is 10.9 Å². The first-order valence-electron chi connectivity index (χ1n) is 9.06. The Balaban J connectivity index is 2.10. The first-order chi connectivity index (χ1) is 14.3. The van der Waals surface area contributed by atoms with E-state index in [-0.39, 0.29) is 18.1 Å². The van der Waals surface area contributed by atoms with Crippen molar-refractivity contribution >= 4 is 44.6 Å². The van der Waals surface area contributed by atoms with Crippen molar-refractivity contribution < 1.29 is 9.47 Å². The monoisotopic (exact) mass is 487 g/mol. The van der Waals surface area contributed by atoms with Crippen LogP contribution in [0.3, 0.4) is 0 Å². The number of hydrogen-bond donors (Lipinski definition) is 0. The number of nitrogens with zero attached hydrogens (tertiary/aromatic N) is 3. The highest BCUT2D eigenvalue weighted by atomic mass is 79.9. The van der Waals surface area contributed by atoms with E-state index in [1.165, 1.54) is 18.0 Å². The Labute approximate surface area is 187 Å². The molecule has 0 aliphatic carbocycles. The van der Waals surface area contributed by atoms with Crippen LogP contribution in [0.4, 0.5) is 0 Å². The van der Waals surface area contributed by atoms with Crippen molar-refractivity contribution in [1.29, 1.82) is 0 Å². The van der Waals surface area contributed by atoms with E-state index in [9.17, 15) is 4.79 Å². The van der Waals surface area contributed by atoms with Gasteiger partial charge in [-0.1, -0.05) is 47.3 Å². The van der Waals surface area contributed by atoms with Crippen molar-refractivity contribution in [2.45, 2.75) is 19.8 Å². The summed E-state index contributed by atoms with van der Waals surface area (Å²) in [6.45, 7) is 3.97. The Morgan fingerprint density at radius 1 is 1.37 bits per heavy atom. The van der Waals surface area contributed by atoms with Crippen molar-refractivity contribution in [2.75, 3.05) is 13.7 Å². The lowest BCUT2D eigenvalue weighted by molar-refractivity contribution is 0.331. The van der Waals surface area contributed by atoms with Crippen LogP contribution in [-0.2, 0) is 0 Å². The second-order valence-corrected chi connectivity index (χ2v) is 8.00. The van der Waals surface area contributed by atoms with Gasteiger partial charge in [0.15, 0.2) is 11.5 Å². The fourth-order valence-corrected chi connectivity index (χ4v) is 3.48. The van der Waals surface area contributed by atoms with E-state index >= 15 is 0 Å². The first-order valence-corrected chi connectivity index (χ1v) is 10.2. The summed E-state index contributed by atoms with van der Waals surface area (Å²) in [5.74, 6) is 3.69. The lowest BCUT2D eigenvalue weighted by Crippen LogP contribution is -2.23. The number of hydrogen-bond acceptors (Lipinski definition) is 5. The Hall–Kier alpha value is -2.82. The van der Waals surface area contributed by atoms with Gasteiger partial charge in [0.1, 0.15) is 12.4 Å². The molecule has 0 unspecified atom stereocenters. The Morgan fingerprint density at radius 2 is 2.13 bits per heavy atom. The van der Waals surface area contributed by atoms with Crippen LogP contribution < -0.4 is 15.0 Å². The van der Waals surface area contributed by atoms with E-state index in [2.05, 4.69) is 31.9 Å². The van der Waals surface area contributed by atoms with Gasteiger partial charge >= 0.3 is 0 Å². The minimum atomic E-state index is -0.256. The predicted octanol–water partition coefficient (Wildman–Crippen LogP) is 4.84. The quantitative estimate of drug-likeness (QED) is 0.368. The summed E-state index contributed by atoms with van der Waals surface area (Å²) in [6.07, 6.45) is 6.77. The molecule has 0 aliphatic rings. The molecule has 0 N–H and O–H groups in total. The first kappa shape index (κ1) is 21.9. The summed E-state index contributed by atoms with van der Waals surface area (Å²) in [6, 6.07) is 8.75. The van der Waals surface area contributed by atoms with Gasteiger partial charge in [-0.2, -0.15) is 9.78 Å². The molecule has 0 amide bonds. The number of methoxy groups -OCH3 is 1. The number of halogens is 2. The van der Waals surface area contributed by atoms with Gasteiger partial charge < -0.3 is 9.47 Å². The lowest BCUT2D eigenvalue weighted by Gasteiger charge is -2.13. The second-order valence-electron chi connectivity index (χ2n) is 6.67. The van der Waals surface area contributed by atoms with Crippen molar-refractivity contribution in [1.82, 2.24) is 9.66 Å². The molecule has 1 aromatic heterocycles. The Kier molecular flexibility index (Phi) is 6.80. The summed E-state index contributed by atoms with van der Waals surface area (Å²) in [7, 11) is 1.50. The van der Waals surface area contributed by atoms with Crippen LogP contribution in [0, 0.1) is 12.3 Å². The summed E-state index contributed by atoms with van der Waals surface area (Å²) in [5, 5.41) is 5.19. The van der Waals surface area contributed by atoms with Gasteiger partial charge in [0, 0.05) is 10.4 Å². The molecule has 0 radical (unpaired) electrons. The molecule has 0 fully saturated rings. The minimum absolute atomic E-state index is 0.0134. The molecular formula is C22H19BrClN3O3. The third kappa shape index (κ3) is 4.50. The number of aromatic nitrogens is 2. The van der Waals surface area contributed by atoms with Gasteiger partial charge in [-0.25, -0.2) is 4.98 Å². The zero-order valence-corrected chi connectivity index (χ0v) is 19.0. The topological polar surface area (TPSA) is 65.7 Å². The molecule has 154 valence electrons. The van der Waals surface area contributed by atoms with Crippen LogP contribution >= 0.6 is 27.5 Å². The molecule has 0 aliphatic heterocycles. The van der Waals surface area contributed by atoms with Gasteiger partial charge in [0.05, 0.1) is 29.2 Å². The third-order valence-electron chi connectivity index (χ3n) is 4.22. The molecule has 0 spiro atoms. The van der Waals surface area contributed by atoms with Crippen LogP contribution in [0.15, 0.2) is 44.7 Å². The molecule has 2 aromatic carbocycles. The average Bonchev–Trinajstić information content (AvgIpc) is 2.72. The van der Waals surface area contributed by atoms with E-state index in [4.69, 9.17) is 27.5 Å². The maximum atomic E-state index is 13.1. The molecule has 3 aromatic rings. The molecule has 0 atom stereocenters. The number of terminal acetylenes is 1. The molecule has 3 rings (SSSR count). The Bertz CT molecular complexity index is 1230. The number of rotatable bonds is 6. The molecule has 30 heavy (non-hydrogen) atoms. The van der Waals surface area contributed by atoms with Crippen molar-refractivity contribution in [2.24, 2.45) is 5.10 Å². The number of fused-ring (bicyclic) bond motifs is 1. The SMILES string of the molecule is C#CCOc1c(Cl)cc(C=Nn2c(C(C)C)nc3ccc(Br)cc3c2=O)cc1OC. The highest BCUT2D eigenvalue weighted by Crippen LogP contribution is 2.36. The second kappa shape index (κ2) is 9.33. The Morgan fingerprint density at radius 3 is 2.80 bits per heavy atom. The number of ether oxygens (including phenoxy) is 2. The predicted molar refractivity (Wildman–Crippen MR) is 123 cm³/mol. The highest BCUT2D eigenvalue weighted by Gasteiger charge is 2.15. The lowest BCUT2D eigenvalue weighted by atomic mass is 10.2. The van der Waals surface area contributed by atoms with Crippen molar-refractivity contribution in [3.8, 4) is 23.8 Å². The zero-order chi connectivity index (χ0) is 21.8. The van der Waals surface area contributed by atoms with Gasteiger partial charge in [-0.15, -0.1) is 6.42 Å². The van der Waals surface area contributed by atoms with Crippen molar-refractivity contribution in [3.05, 3.63) is 61.6 Å². The smallest absolute Gasteiger partial charge is 0.282 e. The summed E-state index contributed by atoms with van der Waals surface area (Å²) >= 11 is 9.71. The van der Waals surface area contributed by atoms with Crippen LogP contribution in [0.5, 0.6) is 11.5 Å². The summed E-state index contributed by atoms with van der Waals surface area (Å²) < 4.78 is 12.9. The molecule has 1 heterocycles. The van der Waals surface area contributed by atoms with Crippen LogP contribution in [0.2, 0.25) is 5.02 Å². The fraction of sp³-hybridized carbons (Fsp3) is 0.227. The van der Waals surface area contributed by atoms with E-state index in [1.54, 1.807) is 24.3 Å². The maximum Gasteiger partial charge on any atom is 0.282 e. The summed E-state index contributed by atoms with van der Waals surface area (Å²) in [5.41, 5.74) is 0.993. The molecule has 0 bridgehead atoms. The van der Waals surface area contributed by atoms with E-state index < -0.39 is 0 Å². The minimum Gasteiger partial charge on any atom is -0.493 e. The largest absolute Gasteiger partial charge is 0.493 e. The van der Waals surface area contributed by atoms with Crippen LogP contribution in [-0.4, -0.2) is 29.6 Å². The maximum absolute atomic E-state index is 13.1. The molecule has 0 saturated carbocycles. The van der Waals surface area contributed by atoms with Gasteiger partial charge in [-0.05, 0) is 35.9 Å².